The van der Waals surface area contributed by atoms with Gasteiger partial charge in [0.2, 0.25) is 0 Å². The van der Waals surface area contributed by atoms with Crippen LogP contribution >= 0.6 is 11.3 Å². The monoisotopic (exact) mass is 262 g/mol. The SMILES string of the molecule is CCc1nc(-c2sc(C)nc2C)ccc1C(=O)O. The Bertz CT molecular complexity index is 605. The Labute approximate surface area is 109 Å². The Kier molecular flexibility index (Phi) is 3.43. The smallest absolute Gasteiger partial charge is 0.337 e. The van der Waals surface area contributed by atoms with Crippen molar-refractivity contribution >= 4 is 17.3 Å². The molecule has 0 aliphatic carbocycles. The van der Waals surface area contributed by atoms with Crippen molar-refractivity contribution in [3.63, 3.8) is 0 Å². The van der Waals surface area contributed by atoms with Crippen molar-refractivity contribution in [3.05, 3.63) is 34.1 Å². The topological polar surface area (TPSA) is 63.1 Å². The molecular formula is C13H14N2O2S. The van der Waals surface area contributed by atoms with E-state index >= 15 is 0 Å². The van der Waals surface area contributed by atoms with E-state index in [-0.39, 0.29) is 5.56 Å². The van der Waals surface area contributed by atoms with Gasteiger partial charge in [-0.15, -0.1) is 11.3 Å². The molecule has 0 aliphatic rings. The summed E-state index contributed by atoms with van der Waals surface area (Å²) in [5, 5.41) is 10.1. The number of carbonyl (C=O) groups is 1. The molecule has 1 N–H and O–H groups in total. The number of nitrogens with zero attached hydrogens (tertiary/aromatic N) is 2. The second-order valence-electron chi connectivity index (χ2n) is 4.00. The van der Waals surface area contributed by atoms with E-state index in [0.717, 1.165) is 21.3 Å². The molecule has 0 radical (unpaired) electrons. The van der Waals surface area contributed by atoms with Crippen molar-refractivity contribution < 1.29 is 9.90 Å². The number of pyridine rings is 1. The number of hydrogen-bond donors (Lipinski definition) is 1. The molecule has 0 atom stereocenters. The Morgan fingerprint density at radius 3 is 2.56 bits per heavy atom. The average molecular weight is 262 g/mol. The molecule has 0 amide bonds. The van der Waals surface area contributed by atoms with Gasteiger partial charge in [-0.05, 0) is 32.4 Å². The van der Waals surface area contributed by atoms with E-state index in [4.69, 9.17) is 5.11 Å². The molecule has 94 valence electrons. The highest BCUT2D eigenvalue weighted by atomic mass is 32.1. The van der Waals surface area contributed by atoms with Crippen LogP contribution in [0.3, 0.4) is 0 Å². The second kappa shape index (κ2) is 4.86. The third-order valence-electron chi connectivity index (χ3n) is 2.68. The summed E-state index contributed by atoms with van der Waals surface area (Å²) in [5.74, 6) is -0.928. The lowest BCUT2D eigenvalue weighted by Gasteiger charge is -2.05. The van der Waals surface area contributed by atoms with Crippen LogP contribution in [-0.4, -0.2) is 21.0 Å². The van der Waals surface area contributed by atoms with Gasteiger partial charge in [0.05, 0.1) is 32.5 Å². The molecule has 4 nitrogen and oxygen atoms in total. The van der Waals surface area contributed by atoms with Crippen molar-refractivity contribution in [2.75, 3.05) is 0 Å². The van der Waals surface area contributed by atoms with Crippen LogP contribution in [0.15, 0.2) is 12.1 Å². The quantitative estimate of drug-likeness (QED) is 0.923. The maximum atomic E-state index is 11.0. The van der Waals surface area contributed by atoms with Gasteiger partial charge in [-0.3, -0.25) is 4.98 Å². The van der Waals surface area contributed by atoms with E-state index in [1.54, 1.807) is 23.5 Å². The van der Waals surface area contributed by atoms with Gasteiger partial charge in [0.15, 0.2) is 0 Å². The number of carboxylic acids is 1. The number of aromatic carboxylic acids is 1. The number of hydrogen-bond acceptors (Lipinski definition) is 4. The van der Waals surface area contributed by atoms with E-state index in [1.807, 2.05) is 20.8 Å². The van der Waals surface area contributed by atoms with E-state index in [9.17, 15) is 4.79 Å². The number of carboxylic acid groups (broad SMARTS) is 1. The van der Waals surface area contributed by atoms with Crippen LogP contribution in [0.25, 0.3) is 10.6 Å². The fourth-order valence-corrected chi connectivity index (χ4v) is 2.75. The maximum absolute atomic E-state index is 11.0. The average Bonchev–Trinajstić information content (AvgIpc) is 2.67. The summed E-state index contributed by atoms with van der Waals surface area (Å²) in [7, 11) is 0. The Hall–Kier alpha value is -1.75. The molecule has 0 unspecified atom stereocenters. The van der Waals surface area contributed by atoms with E-state index in [0.29, 0.717) is 12.1 Å². The largest absolute Gasteiger partial charge is 0.478 e. The fraction of sp³-hybridized carbons (Fsp3) is 0.308. The summed E-state index contributed by atoms with van der Waals surface area (Å²) >= 11 is 1.58. The molecular weight excluding hydrogens is 248 g/mol. The number of aromatic nitrogens is 2. The molecule has 2 aromatic heterocycles. The lowest BCUT2D eigenvalue weighted by molar-refractivity contribution is 0.0695. The molecule has 2 heterocycles. The molecule has 2 aromatic rings. The standard InChI is InChI=1S/C13H14N2O2S/c1-4-10-9(13(16)17)5-6-11(15-10)12-7(2)14-8(3)18-12/h5-6H,4H2,1-3H3,(H,16,17). The fourth-order valence-electron chi connectivity index (χ4n) is 1.86. The highest BCUT2D eigenvalue weighted by molar-refractivity contribution is 7.15. The minimum Gasteiger partial charge on any atom is -0.478 e. The lowest BCUT2D eigenvalue weighted by Crippen LogP contribution is -2.04. The molecule has 0 aromatic carbocycles. The van der Waals surface area contributed by atoms with E-state index < -0.39 is 5.97 Å². The number of aryl methyl sites for hydroxylation is 3. The number of thiazole rings is 1. The Morgan fingerprint density at radius 2 is 2.06 bits per heavy atom. The van der Waals surface area contributed by atoms with Crippen LogP contribution in [0.2, 0.25) is 0 Å². The molecule has 0 aliphatic heterocycles. The number of rotatable bonds is 3. The zero-order valence-electron chi connectivity index (χ0n) is 10.5. The predicted octanol–water partition coefficient (Wildman–Crippen LogP) is 3.08. The molecule has 0 fully saturated rings. The van der Waals surface area contributed by atoms with Gasteiger partial charge < -0.3 is 5.11 Å². The van der Waals surface area contributed by atoms with Crippen LogP contribution in [0.5, 0.6) is 0 Å². The molecule has 5 heteroatoms. The summed E-state index contributed by atoms with van der Waals surface area (Å²) in [6.45, 7) is 5.80. The van der Waals surface area contributed by atoms with Crippen LogP contribution in [0.4, 0.5) is 0 Å². The highest BCUT2D eigenvalue weighted by Gasteiger charge is 2.14. The van der Waals surface area contributed by atoms with E-state index in [2.05, 4.69) is 9.97 Å². The van der Waals surface area contributed by atoms with Gasteiger partial charge in [0, 0.05) is 0 Å². The first-order valence-electron chi connectivity index (χ1n) is 5.70. The van der Waals surface area contributed by atoms with Gasteiger partial charge in [-0.25, -0.2) is 9.78 Å². The Balaban J connectivity index is 2.54. The molecule has 0 saturated heterocycles. The van der Waals surface area contributed by atoms with Gasteiger partial charge >= 0.3 is 5.97 Å². The third-order valence-corrected chi connectivity index (χ3v) is 3.77. The van der Waals surface area contributed by atoms with E-state index in [1.165, 1.54) is 0 Å². The maximum Gasteiger partial charge on any atom is 0.337 e. The van der Waals surface area contributed by atoms with Gasteiger partial charge in [0.1, 0.15) is 0 Å². The first-order valence-corrected chi connectivity index (χ1v) is 6.52. The first-order chi connectivity index (χ1) is 8.52. The molecule has 18 heavy (non-hydrogen) atoms. The summed E-state index contributed by atoms with van der Waals surface area (Å²) in [6.07, 6.45) is 0.603. The normalized spacial score (nSPS) is 10.6. The summed E-state index contributed by atoms with van der Waals surface area (Å²) < 4.78 is 0. The van der Waals surface area contributed by atoms with Gasteiger partial charge in [-0.1, -0.05) is 6.92 Å². The minimum atomic E-state index is -0.928. The van der Waals surface area contributed by atoms with Gasteiger partial charge in [-0.2, -0.15) is 0 Å². The first kappa shape index (κ1) is 12.7. The van der Waals surface area contributed by atoms with Crippen LogP contribution in [0.1, 0.15) is 33.7 Å². The molecule has 0 saturated carbocycles. The van der Waals surface area contributed by atoms with Crippen molar-refractivity contribution in [2.24, 2.45) is 0 Å². The van der Waals surface area contributed by atoms with Crippen molar-refractivity contribution in [1.82, 2.24) is 9.97 Å². The van der Waals surface area contributed by atoms with Crippen LogP contribution in [-0.2, 0) is 6.42 Å². The summed E-state index contributed by atoms with van der Waals surface area (Å²) in [5.41, 5.74) is 2.64. The van der Waals surface area contributed by atoms with Gasteiger partial charge in [0.25, 0.3) is 0 Å². The molecule has 2 rings (SSSR count). The lowest BCUT2D eigenvalue weighted by atomic mass is 10.1. The van der Waals surface area contributed by atoms with Crippen molar-refractivity contribution in [1.29, 1.82) is 0 Å². The van der Waals surface area contributed by atoms with Crippen molar-refractivity contribution in [3.8, 4) is 10.6 Å². The zero-order chi connectivity index (χ0) is 13.3. The zero-order valence-corrected chi connectivity index (χ0v) is 11.3. The molecule has 0 spiro atoms. The second-order valence-corrected chi connectivity index (χ2v) is 5.20. The third kappa shape index (κ3) is 2.26. The van der Waals surface area contributed by atoms with Crippen molar-refractivity contribution in [2.45, 2.75) is 27.2 Å². The minimum absolute atomic E-state index is 0.278. The highest BCUT2D eigenvalue weighted by Crippen LogP contribution is 2.29. The molecule has 0 bridgehead atoms. The summed E-state index contributed by atoms with van der Waals surface area (Å²) in [4.78, 5) is 20.9. The predicted molar refractivity (Wildman–Crippen MR) is 71.2 cm³/mol. The summed E-state index contributed by atoms with van der Waals surface area (Å²) in [6, 6.07) is 3.38. The van der Waals surface area contributed by atoms with Crippen LogP contribution in [0, 0.1) is 13.8 Å². The Morgan fingerprint density at radius 1 is 1.33 bits per heavy atom. The van der Waals surface area contributed by atoms with Crippen LogP contribution < -0.4 is 0 Å².